The molecule has 31 heavy (non-hydrogen) atoms. The van der Waals surface area contributed by atoms with E-state index in [1.807, 2.05) is 42.2 Å². The Balaban J connectivity index is 1.48. The second-order valence-corrected chi connectivity index (χ2v) is 8.72. The molecule has 0 unspecified atom stereocenters. The molecule has 4 rings (SSSR count). The van der Waals surface area contributed by atoms with Gasteiger partial charge in [-0.2, -0.15) is 0 Å². The van der Waals surface area contributed by atoms with Crippen LogP contribution in [-0.2, 0) is 11.2 Å². The number of carbonyl (C=O) groups excluding carboxylic acids is 1. The van der Waals surface area contributed by atoms with Crippen molar-refractivity contribution in [3.05, 3.63) is 58.9 Å². The highest BCUT2D eigenvalue weighted by atomic mass is 32.1. The van der Waals surface area contributed by atoms with Gasteiger partial charge in [-0.25, -0.2) is 9.97 Å². The second-order valence-electron chi connectivity index (χ2n) is 7.78. The third-order valence-electron chi connectivity index (χ3n) is 5.59. The summed E-state index contributed by atoms with van der Waals surface area (Å²) in [7, 11) is 3.21. The van der Waals surface area contributed by atoms with Gasteiger partial charge in [0.05, 0.1) is 31.2 Å². The molecular formula is C24H27N3O3S. The fourth-order valence-corrected chi connectivity index (χ4v) is 4.70. The summed E-state index contributed by atoms with van der Waals surface area (Å²) in [4.78, 5) is 25.7. The highest BCUT2D eigenvalue weighted by Gasteiger charge is 2.27. The van der Waals surface area contributed by atoms with Gasteiger partial charge in [0.15, 0.2) is 11.5 Å². The molecule has 1 fully saturated rings. The minimum absolute atomic E-state index is 0.114. The molecule has 3 aromatic rings. The van der Waals surface area contributed by atoms with Crippen molar-refractivity contribution in [2.45, 2.75) is 32.1 Å². The molecule has 2 aromatic heterocycles. The number of amides is 1. The first-order valence-corrected chi connectivity index (χ1v) is 11.3. The largest absolute Gasteiger partial charge is 0.493 e. The number of hydrogen-bond donors (Lipinski definition) is 0. The SMILES string of the molecule is COc1ccc(CC(=O)N2CCC[C@@H](c3nc(C)cc(-c4cccs4)n3)C2)cc1OC. The number of hydrogen-bond acceptors (Lipinski definition) is 6. The summed E-state index contributed by atoms with van der Waals surface area (Å²) in [6, 6.07) is 11.8. The summed E-state index contributed by atoms with van der Waals surface area (Å²) < 4.78 is 10.7. The van der Waals surface area contributed by atoms with Gasteiger partial charge >= 0.3 is 0 Å². The van der Waals surface area contributed by atoms with Crippen molar-refractivity contribution in [3.63, 3.8) is 0 Å². The van der Waals surface area contributed by atoms with E-state index >= 15 is 0 Å². The monoisotopic (exact) mass is 437 g/mol. The van der Waals surface area contributed by atoms with E-state index in [9.17, 15) is 4.79 Å². The lowest BCUT2D eigenvalue weighted by atomic mass is 9.96. The first kappa shape index (κ1) is 21.3. The number of nitrogens with zero attached hydrogens (tertiary/aromatic N) is 3. The molecule has 1 aliphatic heterocycles. The molecule has 162 valence electrons. The molecule has 0 radical (unpaired) electrons. The van der Waals surface area contributed by atoms with Crippen LogP contribution < -0.4 is 9.47 Å². The highest BCUT2D eigenvalue weighted by Crippen LogP contribution is 2.30. The van der Waals surface area contributed by atoms with Crippen LogP contribution in [0.15, 0.2) is 41.8 Å². The van der Waals surface area contributed by atoms with Crippen LogP contribution in [0.4, 0.5) is 0 Å². The van der Waals surface area contributed by atoms with E-state index in [0.717, 1.165) is 47.0 Å². The minimum Gasteiger partial charge on any atom is -0.493 e. The summed E-state index contributed by atoms with van der Waals surface area (Å²) in [5.41, 5.74) is 2.84. The third kappa shape index (κ3) is 4.88. The number of carbonyl (C=O) groups is 1. The molecule has 6 nitrogen and oxygen atoms in total. The van der Waals surface area contributed by atoms with E-state index in [-0.39, 0.29) is 11.8 Å². The zero-order valence-corrected chi connectivity index (χ0v) is 18.9. The average Bonchev–Trinajstić information content (AvgIpc) is 3.34. The Morgan fingerprint density at radius 1 is 1.16 bits per heavy atom. The van der Waals surface area contributed by atoms with E-state index < -0.39 is 0 Å². The number of ether oxygens (including phenoxy) is 2. The molecule has 1 amide bonds. The van der Waals surface area contributed by atoms with Gasteiger partial charge in [0, 0.05) is 24.7 Å². The number of thiophene rings is 1. The van der Waals surface area contributed by atoms with Gasteiger partial charge in [-0.1, -0.05) is 12.1 Å². The highest BCUT2D eigenvalue weighted by molar-refractivity contribution is 7.13. The van der Waals surface area contributed by atoms with Crippen LogP contribution >= 0.6 is 11.3 Å². The number of aryl methyl sites for hydroxylation is 1. The Morgan fingerprint density at radius 2 is 2.00 bits per heavy atom. The predicted molar refractivity (Wildman–Crippen MR) is 122 cm³/mol. The molecule has 0 spiro atoms. The van der Waals surface area contributed by atoms with Crippen molar-refractivity contribution >= 4 is 17.2 Å². The second kappa shape index (κ2) is 9.47. The van der Waals surface area contributed by atoms with E-state index in [0.29, 0.717) is 24.5 Å². The number of rotatable bonds is 6. The van der Waals surface area contributed by atoms with Crippen LogP contribution in [0, 0.1) is 6.92 Å². The molecule has 0 N–H and O–H groups in total. The Morgan fingerprint density at radius 3 is 2.74 bits per heavy atom. The maximum absolute atomic E-state index is 13.0. The van der Waals surface area contributed by atoms with Gasteiger partial charge < -0.3 is 14.4 Å². The maximum Gasteiger partial charge on any atom is 0.227 e. The predicted octanol–water partition coefficient (Wildman–Crippen LogP) is 4.48. The van der Waals surface area contributed by atoms with Gasteiger partial charge in [-0.3, -0.25) is 4.79 Å². The summed E-state index contributed by atoms with van der Waals surface area (Å²) >= 11 is 1.68. The van der Waals surface area contributed by atoms with Crippen LogP contribution in [0.5, 0.6) is 11.5 Å². The number of likely N-dealkylation sites (tertiary alicyclic amines) is 1. The van der Waals surface area contributed by atoms with Crippen molar-refractivity contribution < 1.29 is 14.3 Å². The topological polar surface area (TPSA) is 64.5 Å². The third-order valence-corrected chi connectivity index (χ3v) is 6.48. The van der Waals surface area contributed by atoms with Crippen molar-refractivity contribution in [1.82, 2.24) is 14.9 Å². The summed E-state index contributed by atoms with van der Waals surface area (Å²) in [5, 5.41) is 2.06. The van der Waals surface area contributed by atoms with E-state index in [1.165, 1.54) is 0 Å². The molecule has 1 atom stereocenters. The Hall–Kier alpha value is -2.93. The maximum atomic E-state index is 13.0. The number of methoxy groups -OCH3 is 2. The van der Waals surface area contributed by atoms with Crippen LogP contribution in [0.25, 0.3) is 10.6 Å². The zero-order valence-electron chi connectivity index (χ0n) is 18.1. The van der Waals surface area contributed by atoms with Crippen molar-refractivity contribution in [3.8, 4) is 22.1 Å². The molecule has 7 heteroatoms. The molecule has 0 saturated carbocycles. The van der Waals surface area contributed by atoms with Crippen LogP contribution in [0.3, 0.4) is 0 Å². The van der Waals surface area contributed by atoms with Crippen molar-refractivity contribution in [1.29, 1.82) is 0 Å². The normalized spacial score (nSPS) is 16.2. The van der Waals surface area contributed by atoms with Gasteiger partial charge in [0.1, 0.15) is 5.82 Å². The summed E-state index contributed by atoms with van der Waals surface area (Å²) in [5.74, 6) is 2.41. The average molecular weight is 438 g/mol. The lowest BCUT2D eigenvalue weighted by Crippen LogP contribution is -2.40. The quantitative estimate of drug-likeness (QED) is 0.569. The number of benzene rings is 1. The van der Waals surface area contributed by atoms with E-state index in [1.54, 1.807) is 25.6 Å². The molecular weight excluding hydrogens is 410 g/mol. The standard InChI is InChI=1S/C24H27N3O3S/c1-16-12-19(22-7-5-11-31-22)26-24(25-16)18-6-4-10-27(15-18)23(28)14-17-8-9-20(29-2)21(13-17)30-3/h5,7-9,11-13,18H,4,6,10,14-15H2,1-3H3/t18-/m1/s1. The van der Waals surface area contributed by atoms with E-state index in [2.05, 4.69) is 11.4 Å². The van der Waals surface area contributed by atoms with Crippen LogP contribution in [-0.4, -0.2) is 48.1 Å². The van der Waals surface area contributed by atoms with Crippen molar-refractivity contribution in [2.75, 3.05) is 27.3 Å². The van der Waals surface area contributed by atoms with Gasteiger partial charge in [-0.05, 0) is 55.0 Å². The summed E-state index contributed by atoms with van der Waals surface area (Å²) in [6.07, 6.45) is 2.28. The molecule has 1 saturated heterocycles. The minimum atomic E-state index is 0.114. The van der Waals surface area contributed by atoms with E-state index in [4.69, 9.17) is 19.4 Å². The van der Waals surface area contributed by atoms with Gasteiger partial charge in [0.25, 0.3) is 0 Å². The molecule has 1 aromatic carbocycles. The van der Waals surface area contributed by atoms with Crippen LogP contribution in [0.2, 0.25) is 0 Å². The summed E-state index contributed by atoms with van der Waals surface area (Å²) in [6.45, 7) is 3.43. The lowest BCUT2D eigenvalue weighted by molar-refractivity contribution is -0.131. The van der Waals surface area contributed by atoms with Crippen molar-refractivity contribution in [2.24, 2.45) is 0 Å². The molecule has 0 bridgehead atoms. The Bertz CT molecular complexity index is 1050. The van der Waals surface area contributed by atoms with Gasteiger partial charge in [-0.15, -0.1) is 11.3 Å². The fourth-order valence-electron chi connectivity index (χ4n) is 4.02. The first-order valence-electron chi connectivity index (χ1n) is 10.5. The van der Waals surface area contributed by atoms with Crippen LogP contribution in [0.1, 0.15) is 35.8 Å². The Labute approximate surface area is 186 Å². The fraction of sp³-hybridized carbons (Fsp3) is 0.375. The Kier molecular flexibility index (Phi) is 6.51. The number of aromatic nitrogens is 2. The molecule has 0 aliphatic carbocycles. The first-order chi connectivity index (χ1) is 15.1. The van der Waals surface area contributed by atoms with Gasteiger partial charge in [0.2, 0.25) is 5.91 Å². The number of piperidine rings is 1. The zero-order chi connectivity index (χ0) is 21.8. The molecule has 1 aliphatic rings. The lowest BCUT2D eigenvalue weighted by Gasteiger charge is -2.32. The smallest absolute Gasteiger partial charge is 0.227 e. The molecule has 3 heterocycles.